The zero-order valence-corrected chi connectivity index (χ0v) is 19.4. The molecule has 0 saturated carbocycles. The molecule has 0 N–H and O–H groups in total. The first-order chi connectivity index (χ1) is 14.8. The summed E-state index contributed by atoms with van der Waals surface area (Å²) >= 11 is 1.01. The maximum atomic E-state index is 13.5. The quantitative estimate of drug-likeness (QED) is 0.508. The highest BCUT2D eigenvalue weighted by molar-refractivity contribution is 8.14. The second-order valence-corrected chi connectivity index (χ2v) is 9.25. The first-order valence-electron chi connectivity index (χ1n) is 9.87. The normalized spacial score (nSPS) is 27.8. The number of amidine groups is 1. The van der Waals surface area contributed by atoms with Crippen LogP contribution in [0.25, 0.3) is 0 Å². The molecule has 0 aromatic rings. The Morgan fingerprint density at radius 1 is 1.19 bits per heavy atom. The number of rotatable bonds is 7. The standard InChI is InChI=1S/C21H29F3N2O5S/c1-8-10-28-15-13-17(32-18(25-13)26(7)19(27)31-20(4,5)6)30-14(12(3)21(22,23)24)16(15)29-11-9-2/h8-9,13-17H,1-3,10-11H2,4-7H3/t13-,14-,15-,16-,17-/m1/s1. The maximum Gasteiger partial charge on any atom is 0.416 e. The molecule has 1 amide bonds. The van der Waals surface area contributed by atoms with Crippen molar-refractivity contribution in [2.75, 3.05) is 20.3 Å². The van der Waals surface area contributed by atoms with Crippen molar-refractivity contribution in [3.05, 3.63) is 37.5 Å². The minimum atomic E-state index is -4.70. The number of nitrogens with zero attached hydrogens (tertiary/aromatic N) is 2. The predicted octanol–water partition coefficient (Wildman–Crippen LogP) is 4.31. The lowest BCUT2D eigenvalue weighted by Gasteiger charge is -2.43. The van der Waals surface area contributed by atoms with Crippen LogP contribution in [0.4, 0.5) is 18.0 Å². The van der Waals surface area contributed by atoms with Gasteiger partial charge in [-0.2, -0.15) is 13.2 Å². The van der Waals surface area contributed by atoms with Crippen LogP contribution < -0.4 is 0 Å². The molecule has 0 aromatic carbocycles. The molecule has 11 heteroatoms. The number of carbonyl (C=O) groups is 1. The largest absolute Gasteiger partial charge is 0.443 e. The van der Waals surface area contributed by atoms with Crippen molar-refractivity contribution in [1.82, 2.24) is 4.90 Å². The third-order valence-electron chi connectivity index (χ3n) is 4.47. The summed E-state index contributed by atoms with van der Waals surface area (Å²) in [6.07, 6.45) is -6.05. The summed E-state index contributed by atoms with van der Waals surface area (Å²) in [5, 5.41) is 0.238. The van der Waals surface area contributed by atoms with E-state index < -0.39 is 53.2 Å². The van der Waals surface area contributed by atoms with E-state index in [0.29, 0.717) is 0 Å². The lowest BCUT2D eigenvalue weighted by molar-refractivity contribution is -0.192. The van der Waals surface area contributed by atoms with Crippen LogP contribution in [0.15, 0.2) is 42.5 Å². The number of ether oxygens (including phenoxy) is 4. The molecule has 0 bridgehead atoms. The Bertz CT molecular complexity index is 766. The fraction of sp³-hybridized carbons (Fsp3) is 0.619. The summed E-state index contributed by atoms with van der Waals surface area (Å²) in [5.41, 5.74) is -2.67. The Balaban J connectivity index is 2.36. The zero-order valence-electron chi connectivity index (χ0n) is 18.6. The van der Waals surface area contributed by atoms with Gasteiger partial charge in [0.15, 0.2) is 5.17 Å². The molecular weight excluding hydrogens is 449 g/mol. The molecule has 2 aliphatic heterocycles. The van der Waals surface area contributed by atoms with E-state index in [1.165, 1.54) is 24.1 Å². The Morgan fingerprint density at radius 2 is 1.75 bits per heavy atom. The van der Waals surface area contributed by atoms with Gasteiger partial charge in [0.1, 0.15) is 35.4 Å². The molecule has 1 saturated heterocycles. The fourth-order valence-corrected chi connectivity index (χ4v) is 4.22. The van der Waals surface area contributed by atoms with Crippen molar-refractivity contribution >= 4 is 23.0 Å². The van der Waals surface area contributed by atoms with Crippen molar-refractivity contribution in [2.24, 2.45) is 4.99 Å². The van der Waals surface area contributed by atoms with E-state index in [0.717, 1.165) is 11.8 Å². The first kappa shape index (κ1) is 26.4. The van der Waals surface area contributed by atoms with E-state index in [1.807, 2.05) is 0 Å². The molecule has 32 heavy (non-hydrogen) atoms. The van der Waals surface area contributed by atoms with Crippen LogP contribution in [0.3, 0.4) is 0 Å². The molecule has 0 spiro atoms. The number of hydrogen-bond donors (Lipinski definition) is 0. The number of aliphatic imine (C=N–C) groups is 1. The summed E-state index contributed by atoms with van der Waals surface area (Å²) in [6.45, 7) is 15.5. The lowest BCUT2D eigenvalue weighted by atomic mass is 9.93. The van der Waals surface area contributed by atoms with E-state index in [2.05, 4.69) is 24.7 Å². The van der Waals surface area contributed by atoms with Gasteiger partial charge in [-0.1, -0.05) is 30.5 Å². The average Bonchev–Trinajstić information content (AvgIpc) is 3.10. The Kier molecular flexibility index (Phi) is 8.60. The number of amides is 1. The van der Waals surface area contributed by atoms with Gasteiger partial charge in [-0.05, 0) is 20.8 Å². The van der Waals surface area contributed by atoms with Gasteiger partial charge in [0.25, 0.3) is 0 Å². The van der Waals surface area contributed by atoms with Gasteiger partial charge in [-0.3, -0.25) is 9.89 Å². The van der Waals surface area contributed by atoms with E-state index >= 15 is 0 Å². The molecule has 180 valence electrons. The van der Waals surface area contributed by atoms with E-state index in [-0.39, 0.29) is 18.4 Å². The van der Waals surface area contributed by atoms with Gasteiger partial charge in [-0.25, -0.2) is 4.79 Å². The second kappa shape index (κ2) is 10.4. The molecule has 7 nitrogen and oxygen atoms in total. The fourth-order valence-electron chi connectivity index (χ4n) is 3.07. The smallest absolute Gasteiger partial charge is 0.416 e. The third-order valence-corrected chi connectivity index (χ3v) is 5.69. The Labute approximate surface area is 190 Å². The van der Waals surface area contributed by atoms with Crippen molar-refractivity contribution < 1.29 is 36.9 Å². The minimum absolute atomic E-state index is 0.0253. The SMILES string of the molecule is C=CCO[C@@H]1[C@H]2N=C(N(C)C(=O)OC(C)(C)C)S[C@H]2O[C@H](C(=C)C(F)(F)F)[C@H]1OCC=C. The summed E-state index contributed by atoms with van der Waals surface area (Å²) < 4.78 is 63.1. The Morgan fingerprint density at radius 3 is 2.25 bits per heavy atom. The Hall–Kier alpha value is -1.82. The molecular formula is C21H29F3N2O5S. The molecule has 0 aliphatic carbocycles. The summed E-state index contributed by atoms with van der Waals surface area (Å²) in [5.74, 6) is 0. The van der Waals surface area contributed by atoms with Crippen LogP contribution in [0.5, 0.6) is 0 Å². The van der Waals surface area contributed by atoms with Crippen molar-refractivity contribution in [2.45, 2.75) is 62.3 Å². The van der Waals surface area contributed by atoms with Crippen LogP contribution in [0.1, 0.15) is 20.8 Å². The van der Waals surface area contributed by atoms with E-state index in [1.54, 1.807) is 20.8 Å². The zero-order chi connectivity index (χ0) is 24.3. The van der Waals surface area contributed by atoms with Gasteiger partial charge in [0.05, 0.1) is 18.8 Å². The van der Waals surface area contributed by atoms with Gasteiger partial charge >= 0.3 is 12.3 Å². The highest BCUT2D eigenvalue weighted by Gasteiger charge is 2.55. The number of hydrogen-bond acceptors (Lipinski definition) is 7. The minimum Gasteiger partial charge on any atom is -0.443 e. The number of carbonyl (C=O) groups excluding carboxylic acids is 1. The summed E-state index contributed by atoms with van der Waals surface area (Å²) in [7, 11) is 1.47. The highest BCUT2D eigenvalue weighted by Crippen LogP contribution is 2.43. The van der Waals surface area contributed by atoms with E-state index in [4.69, 9.17) is 18.9 Å². The molecule has 1 fully saturated rings. The number of thioether (sulfide) groups is 1. The van der Waals surface area contributed by atoms with Gasteiger partial charge in [0, 0.05) is 7.05 Å². The van der Waals surface area contributed by atoms with Crippen LogP contribution >= 0.6 is 11.8 Å². The highest BCUT2D eigenvalue weighted by atomic mass is 32.2. The third kappa shape index (κ3) is 6.37. The predicted molar refractivity (Wildman–Crippen MR) is 117 cm³/mol. The topological polar surface area (TPSA) is 69.6 Å². The number of fused-ring (bicyclic) bond motifs is 1. The van der Waals surface area contributed by atoms with E-state index in [9.17, 15) is 18.0 Å². The molecule has 2 aliphatic rings. The average molecular weight is 479 g/mol. The number of alkyl halides is 3. The lowest BCUT2D eigenvalue weighted by Crippen LogP contribution is -2.58. The van der Waals surface area contributed by atoms with Gasteiger partial charge in [0.2, 0.25) is 0 Å². The summed E-state index contributed by atoms with van der Waals surface area (Å²) in [6, 6.07) is -0.730. The molecule has 0 unspecified atom stereocenters. The van der Waals surface area contributed by atoms with Crippen LogP contribution in [0.2, 0.25) is 0 Å². The molecule has 2 heterocycles. The first-order valence-corrected chi connectivity index (χ1v) is 10.8. The maximum absolute atomic E-state index is 13.5. The van der Waals surface area contributed by atoms with Gasteiger partial charge in [-0.15, -0.1) is 13.2 Å². The molecule has 2 rings (SSSR count). The van der Waals surface area contributed by atoms with Crippen molar-refractivity contribution in [3.8, 4) is 0 Å². The molecule has 5 atom stereocenters. The summed E-state index contributed by atoms with van der Waals surface area (Å²) in [4.78, 5) is 18.1. The van der Waals surface area contributed by atoms with Crippen LogP contribution in [0, 0.1) is 0 Å². The second-order valence-electron chi connectivity index (χ2n) is 8.18. The van der Waals surface area contributed by atoms with Crippen molar-refractivity contribution in [3.63, 3.8) is 0 Å². The van der Waals surface area contributed by atoms with Crippen LogP contribution in [-0.2, 0) is 18.9 Å². The van der Waals surface area contributed by atoms with Crippen LogP contribution in [-0.4, -0.2) is 78.0 Å². The molecule has 0 aromatic heterocycles. The molecule has 0 radical (unpaired) electrons. The van der Waals surface area contributed by atoms with Crippen molar-refractivity contribution in [1.29, 1.82) is 0 Å². The van der Waals surface area contributed by atoms with Gasteiger partial charge < -0.3 is 18.9 Å². The monoisotopic (exact) mass is 478 g/mol. The number of halogens is 3.